The molecule has 0 bridgehead atoms. The Kier molecular flexibility index (Phi) is 7.04. The summed E-state index contributed by atoms with van der Waals surface area (Å²) in [5.74, 6) is -1.13. The number of aliphatic carboxylic acids is 1. The third-order valence-electron chi connectivity index (χ3n) is 5.11. The van der Waals surface area contributed by atoms with Crippen molar-refractivity contribution in [2.24, 2.45) is 0 Å². The van der Waals surface area contributed by atoms with Crippen LogP contribution in [0.5, 0.6) is 0 Å². The topological polar surface area (TPSA) is 94.1 Å². The van der Waals surface area contributed by atoms with Crippen LogP contribution in [-0.2, 0) is 18.8 Å². The van der Waals surface area contributed by atoms with Crippen molar-refractivity contribution in [3.05, 3.63) is 35.9 Å². The molecule has 0 aromatic heterocycles. The van der Waals surface area contributed by atoms with Crippen LogP contribution in [0.4, 0.5) is 4.79 Å². The summed E-state index contributed by atoms with van der Waals surface area (Å²) in [6, 6.07) is 6.59. The predicted octanol–water partition coefficient (Wildman–Crippen LogP) is 3.37. The molecule has 1 aliphatic heterocycles. The molecule has 0 radical (unpaired) electrons. The van der Waals surface area contributed by atoms with E-state index in [-0.39, 0.29) is 6.42 Å². The van der Waals surface area contributed by atoms with E-state index in [1.807, 2.05) is 52.0 Å². The summed E-state index contributed by atoms with van der Waals surface area (Å²) in [5, 5.41) is 11.7. The van der Waals surface area contributed by atoms with Gasteiger partial charge in [0.15, 0.2) is 0 Å². The van der Waals surface area contributed by atoms with Gasteiger partial charge in [0.05, 0.1) is 11.2 Å². The van der Waals surface area contributed by atoms with Crippen molar-refractivity contribution in [1.29, 1.82) is 0 Å². The number of benzene rings is 1. The molecule has 1 aliphatic rings. The number of nitrogens with one attached hydrogen (secondary N) is 1. The average molecular weight is 417 g/mol. The third kappa shape index (κ3) is 6.34. The molecule has 2 N–H and O–H groups in total. The van der Waals surface area contributed by atoms with E-state index >= 15 is 0 Å². The Labute approximate surface area is 178 Å². The highest BCUT2D eigenvalue weighted by Gasteiger charge is 2.51. The maximum atomic E-state index is 11.9. The second kappa shape index (κ2) is 8.82. The van der Waals surface area contributed by atoms with E-state index in [2.05, 4.69) is 5.32 Å². The van der Waals surface area contributed by atoms with Crippen LogP contribution in [0.25, 0.3) is 6.08 Å². The lowest BCUT2D eigenvalue weighted by atomic mass is 9.78. The summed E-state index contributed by atoms with van der Waals surface area (Å²) >= 11 is 0. The molecule has 0 saturated carbocycles. The first-order valence-corrected chi connectivity index (χ1v) is 10.0. The quantitative estimate of drug-likeness (QED) is 0.690. The van der Waals surface area contributed by atoms with Gasteiger partial charge in [0.25, 0.3) is 0 Å². The SMILES string of the molecule is CC(C)(C)OC(=O)N[C@@H](C/C=C/c1cccc(B2OC(C)(C)C(C)(C)O2)c1)C(=O)O. The number of amides is 1. The zero-order chi connectivity index (χ0) is 22.7. The van der Waals surface area contributed by atoms with E-state index in [0.717, 1.165) is 11.0 Å². The summed E-state index contributed by atoms with van der Waals surface area (Å²) in [7, 11) is -0.469. The minimum atomic E-state index is -1.13. The van der Waals surface area contributed by atoms with E-state index in [0.29, 0.717) is 0 Å². The van der Waals surface area contributed by atoms with Gasteiger partial charge in [-0.05, 0) is 65.9 Å². The van der Waals surface area contributed by atoms with E-state index in [1.54, 1.807) is 32.9 Å². The van der Waals surface area contributed by atoms with Crippen LogP contribution in [0.1, 0.15) is 60.5 Å². The molecule has 30 heavy (non-hydrogen) atoms. The van der Waals surface area contributed by atoms with Crippen molar-refractivity contribution in [2.75, 3.05) is 0 Å². The van der Waals surface area contributed by atoms with Crippen molar-refractivity contribution >= 4 is 30.7 Å². The van der Waals surface area contributed by atoms with Gasteiger partial charge in [0.2, 0.25) is 0 Å². The number of ether oxygens (including phenoxy) is 1. The van der Waals surface area contributed by atoms with Crippen molar-refractivity contribution in [2.45, 2.75) is 77.7 Å². The number of hydrogen-bond acceptors (Lipinski definition) is 5. The van der Waals surface area contributed by atoms with Crippen LogP contribution in [0.15, 0.2) is 30.3 Å². The normalized spacial score (nSPS) is 19.0. The lowest BCUT2D eigenvalue weighted by Crippen LogP contribution is -2.43. The van der Waals surface area contributed by atoms with Gasteiger partial charge in [-0.1, -0.05) is 36.4 Å². The first-order chi connectivity index (χ1) is 13.7. The summed E-state index contributed by atoms with van der Waals surface area (Å²) in [6.45, 7) is 13.2. The molecule has 0 unspecified atom stereocenters. The van der Waals surface area contributed by atoms with Crippen LogP contribution in [0.3, 0.4) is 0 Å². The highest BCUT2D eigenvalue weighted by Crippen LogP contribution is 2.36. The largest absolute Gasteiger partial charge is 0.494 e. The lowest BCUT2D eigenvalue weighted by Gasteiger charge is -2.32. The predicted molar refractivity (Wildman–Crippen MR) is 117 cm³/mol. The van der Waals surface area contributed by atoms with Gasteiger partial charge in [-0.3, -0.25) is 0 Å². The van der Waals surface area contributed by atoms with Crippen molar-refractivity contribution in [3.8, 4) is 0 Å². The van der Waals surface area contributed by atoms with Gasteiger partial charge in [0, 0.05) is 0 Å². The van der Waals surface area contributed by atoms with Gasteiger partial charge >= 0.3 is 19.2 Å². The summed E-state index contributed by atoms with van der Waals surface area (Å²) < 4.78 is 17.3. The number of alkyl carbamates (subject to hydrolysis) is 1. The van der Waals surface area contributed by atoms with Crippen molar-refractivity contribution in [3.63, 3.8) is 0 Å². The standard InChI is InChI=1S/C22H32BNO6/c1-20(2,3)28-19(27)24-17(18(25)26)13-9-11-15-10-8-12-16(14-15)23-29-21(4,5)22(6,7)30-23/h8-12,14,17H,13H2,1-7H3,(H,24,27)(H,25,26)/b11-9+/t17-/m0/s1. The summed E-state index contributed by atoms with van der Waals surface area (Å²) in [6.07, 6.45) is 2.88. The van der Waals surface area contributed by atoms with Gasteiger partial charge in [0.1, 0.15) is 11.6 Å². The molecule has 1 heterocycles. The smallest absolute Gasteiger partial charge is 0.480 e. The number of hydrogen-bond donors (Lipinski definition) is 2. The summed E-state index contributed by atoms with van der Waals surface area (Å²) in [5.41, 5.74) is 0.217. The molecule has 2 rings (SSSR count). The summed E-state index contributed by atoms with van der Waals surface area (Å²) in [4.78, 5) is 23.3. The molecule has 164 valence electrons. The molecule has 1 fully saturated rings. The highest BCUT2D eigenvalue weighted by atomic mass is 16.7. The second-order valence-corrected chi connectivity index (χ2v) is 9.43. The third-order valence-corrected chi connectivity index (χ3v) is 5.11. The molecule has 8 heteroatoms. The average Bonchev–Trinajstić information content (AvgIpc) is 2.80. The second-order valence-electron chi connectivity index (χ2n) is 9.43. The number of carboxylic acids is 1. The number of carboxylic acid groups (broad SMARTS) is 1. The zero-order valence-corrected chi connectivity index (χ0v) is 18.8. The first kappa shape index (κ1) is 24.0. The monoisotopic (exact) mass is 417 g/mol. The number of rotatable bonds is 6. The Morgan fingerprint density at radius 3 is 2.33 bits per heavy atom. The van der Waals surface area contributed by atoms with Gasteiger partial charge in [-0.2, -0.15) is 0 Å². The maximum Gasteiger partial charge on any atom is 0.494 e. The zero-order valence-electron chi connectivity index (χ0n) is 18.8. The Morgan fingerprint density at radius 1 is 1.20 bits per heavy atom. The molecule has 0 spiro atoms. The van der Waals surface area contributed by atoms with Crippen molar-refractivity contribution in [1.82, 2.24) is 5.32 Å². The van der Waals surface area contributed by atoms with Crippen LogP contribution in [-0.4, -0.2) is 47.1 Å². The molecule has 7 nitrogen and oxygen atoms in total. The van der Waals surface area contributed by atoms with E-state index in [9.17, 15) is 14.7 Å². The Bertz CT molecular complexity index is 796. The van der Waals surface area contributed by atoms with Crippen molar-refractivity contribution < 1.29 is 28.7 Å². The fourth-order valence-electron chi connectivity index (χ4n) is 2.80. The van der Waals surface area contributed by atoms with Gasteiger partial charge in [-0.15, -0.1) is 0 Å². The Morgan fingerprint density at radius 2 is 1.80 bits per heavy atom. The lowest BCUT2D eigenvalue weighted by molar-refractivity contribution is -0.139. The molecule has 1 aromatic carbocycles. The van der Waals surface area contributed by atoms with E-state index < -0.39 is 42.0 Å². The molecule has 1 amide bonds. The molecule has 1 saturated heterocycles. The van der Waals surface area contributed by atoms with Crippen LogP contribution in [0, 0.1) is 0 Å². The first-order valence-electron chi connectivity index (χ1n) is 10.0. The van der Waals surface area contributed by atoms with E-state index in [4.69, 9.17) is 14.0 Å². The fraction of sp³-hybridized carbons (Fsp3) is 0.545. The van der Waals surface area contributed by atoms with Gasteiger partial charge in [-0.25, -0.2) is 9.59 Å². The van der Waals surface area contributed by atoms with Crippen LogP contribution in [0.2, 0.25) is 0 Å². The number of carbonyl (C=O) groups is 2. The van der Waals surface area contributed by atoms with Crippen LogP contribution >= 0.6 is 0 Å². The van der Waals surface area contributed by atoms with E-state index in [1.165, 1.54) is 0 Å². The minimum Gasteiger partial charge on any atom is -0.480 e. The highest BCUT2D eigenvalue weighted by molar-refractivity contribution is 6.62. The molecule has 1 atom stereocenters. The molecular formula is C22H32BNO6. The van der Waals surface area contributed by atoms with Gasteiger partial charge < -0.3 is 24.5 Å². The minimum absolute atomic E-state index is 0.120. The maximum absolute atomic E-state index is 11.9. The van der Waals surface area contributed by atoms with Crippen LogP contribution < -0.4 is 10.8 Å². The fourth-order valence-corrected chi connectivity index (χ4v) is 2.80. The molecule has 0 aliphatic carbocycles. The Hall–Kier alpha value is -2.32. The number of carbonyl (C=O) groups excluding carboxylic acids is 1. The Balaban J connectivity index is 2.03. The molecular weight excluding hydrogens is 385 g/mol. The molecule has 1 aromatic rings.